The summed E-state index contributed by atoms with van der Waals surface area (Å²) in [5.41, 5.74) is 0.984. The summed E-state index contributed by atoms with van der Waals surface area (Å²) in [5, 5.41) is 3.25. The summed E-state index contributed by atoms with van der Waals surface area (Å²) in [6.07, 6.45) is 4.88. The van der Waals surface area contributed by atoms with Gasteiger partial charge < -0.3 is 9.88 Å². The van der Waals surface area contributed by atoms with Gasteiger partial charge in [-0.3, -0.25) is 0 Å². The zero-order chi connectivity index (χ0) is 13.1. The molecule has 0 fully saturated rings. The lowest BCUT2D eigenvalue weighted by atomic mass is 10.1. The zero-order valence-electron chi connectivity index (χ0n) is 10.3. The van der Waals surface area contributed by atoms with Crippen molar-refractivity contribution in [2.24, 2.45) is 0 Å². The van der Waals surface area contributed by atoms with Gasteiger partial charge in [-0.25, -0.2) is 4.98 Å². The minimum Gasteiger partial charge on any atom is -0.333 e. The maximum absolute atomic E-state index is 6.22. The smallest absolute Gasteiger partial charge is 0.130 e. The lowest BCUT2D eigenvalue weighted by molar-refractivity contribution is 0.569. The summed E-state index contributed by atoms with van der Waals surface area (Å²) in [7, 11) is 1.90. The Bertz CT molecular complexity index is 521. The maximum Gasteiger partial charge on any atom is 0.130 e. The lowest BCUT2D eigenvalue weighted by Crippen LogP contribution is -2.21. The van der Waals surface area contributed by atoms with Gasteiger partial charge in [0.05, 0.1) is 14.7 Å². The van der Waals surface area contributed by atoms with E-state index < -0.39 is 0 Å². The topological polar surface area (TPSA) is 29.9 Å². The second-order valence-corrected chi connectivity index (χ2v) is 6.27. The molecule has 0 bridgehead atoms. The second-order valence-electron chi connectivity index (χ2n) is 3.98. The molecule has 0 aliphatic heterocycles. The van der Waals surface area contributed by atoms with Crippen LogP contribution >= 0.6 is 34.5 Å². The maximum atomic E-state index is 6.22. The first kappa shape index (κ1) is 13.9. The van der Waals surface area contributed by atoms with Crippen LogP contribution in [-0.4, -0.2) is 16.6 Å². The molecule has 6 heteroatoms. The number of aryl methyl sites for hydroxylation is 1. The monoisotopic (exact) mass is 303 g/mol. The quantitative estimate of drug-likeness (QED) is 0.906. The van der Waals surface area contributed by atoms with Gasteiger partial charge in [0.1, 0.15) is 5.82 Å². The molecule has 0 aromatic carbocycles. The second kappa shape index (κ2) is 6.06. The van der Waals surface area contributed by atoms with Gasteiger partial charge in [-0.2, -0.15) is 0 Å². The number of nitrogens with zero attached hydrogens (tertiary/aromatic N) is 2. The van der Waals surface area contributed by atoms with E-state index >= 15 is 0 Å². The third-order valence-corrected chi connectivity index (χ3v) is 4.27. The molecule has 1 unspecified atom stereocenters. The number of imidazole rings is 1. The molecule has 0 spiro atoms. The van der Waals surface area contributed by atoms with Crippen molar-refractivity contribution in [3.63, 3.8) is 0 Å². The Balaban J connectivity index is 2.39. The highest BCUT2D eigenvalue weighted by Gasteiger charge is 2.21. The fraction of sp³-hybridized carbons (Fsp3) is 0.417. The highest BCUT2D eigenvalue weighted by Crippen LogP contribution is 2.36. The zero-order valence-corrected chi connectivity index (χ0v) is 12.6. The summed E-state index contributed by atoms with van der Waals surface area (Å²) < 4.78 is 3.55. The molecule has 18 heavy (non-hydrogen) atoms. The average molecular weight is 304 g/mol. The number of hydrogen-bond donors (Lipinski definition) is 1. The van der Waals surface area contributed by atoms with Crippen molar-refractivity contribution in [1.29, 1.82) is 0 Å². The minimum absolute atomic E-state index is 0.0252. The van der Waals surface area contributed by atoms with Crippen LogP contribution in [-0.2, 0) is 6.54 Å². The van der Waals surface area contributed by atoms with E-state index in [1.54, 1.807) is 0 Å². The summed E-state index contributed by atoms with van der Waals surface area (Å²) in [5.74, 6) is 0.968. The van der Waals surface area contributed by atoms with Crippen molar-refractivity contribution >= 4 is 34.5 Å². The Hall–Kier alpha value is -0.550. The Morgan fingerprint density at radius 3 is 2.83 bits per heavy atom. The van der Waals surface area contributed by atoms with Gasteiger partial charge >= 0.3 is 0 Å². The first-order chi connectivity index (χ1) is 8.67. The number of nitrogens with one attached hydrogen (secondary N) is 1. The van der Waals surface area contributed by atoms with Gasteiger partial charge in [-0.05, 0) is 19.5 Å². The average Bonchev–Trinajstić information content (AvgIpc) is 2.89. The normalized spacial score (nSPS) is 12.9. The predicted molar refractivity (Wildman–Crippen MR) is 77.8 cm³/mol. The number of hydrogen-bond acceptors (Lipinski definition) is 3. The first-order valence-corrected chi connectivity index (χ1v) is 7.37. The van der Waals surface area contributed by atoms with Gasteiger partial charge in [0, 0.05) is 24.5 Å². The Morgan fingerprint density at radius 2 is 2.28 bits per heavy atom. The summed E-state index contributed by atoms with van der Waals surface area (Å²) >= 11 is 13.6. The molecule has 0 saturated carbocycles. The van der Waals surface area contributed by atoms with E-state index in [-0.39, 0.29) is 6.04 Å². The van der Waals surface area contributed by atoms with Crippen LogP contribution in [0.3, 0.4) is 0 Å². The number of rotatable bonds is 5. The molecule has 0 amide bonds. The molecule has 1 atom stereocenters. The van der Waals surface area contributed by atoms with Crippen LogP contribution in [0.1, 0.15) is 30.8 Å². The lowest BCUT2D eigenvalue weighted by Gasteiger charge is -2.17. The van der Waals surface area contributed by atoms with Crippen LogP contribution in [0.2, 0.25) is 8.67 Å². The molecular formula is C12H15Cl2N3S. The summed E-state index contributed by atoms with van der Waals surface area (Å²) in [4.78, 5) is 4.44. The van der Waals surface area contributed by atoms with Crippen LogP contribution in [0.15, 0.2) is 18.5 Å². The molecule has 0 saturated heterocycles. The number of thiophene rings is 1. The third kappa shape index (κ3) is 2.72. The summed E-state index contributed by atoms with van der Waals surface area (Å²) in [6.45, 7) is 3.09. The molecular weight excluding hydrogens is 289 g/mol. The fourth-order valence-electron chi connectivity index (χ4n) is 1.98. The van der Waals surface area contributed by atoms with Gasteiger partial charge in [0.25, 0.3) is 0 Å². The van der Waals surface area contributed by atoms with Crippen molar-refractivity contribution in [3.05, 3.63) is 38.5 Å². The Labute approximate surface area is 121 Å². The predicted octanol–water partition coefficient (Wildman–Crippen LogP) is 3.97. The Kier molecular flexibility index (Phi) is 4.67. The van der Waals surface area contributed by atoms with Crippen molar-refractivity contribution in [2.45, 2.75) is 25.9 Å². The molecule has 2 aromatic rings. The number of halogens is 2. The van der Waals surface area contributed by atoms with Crippen LogP contribution in [0.4, 0.5) is 0 Å². The van der Waals surface area contributed by atoms with Crippen LogP contribution in [0, 0.1) is 0 Å². The van der Waals surface area contributed by atoms with Gasteiger partial charge in [-0.1, -0.05) is 30.1 Å². The summed E-state index contributed by atoms with van der Waals surface area (Å²) in [6, 6.07) is 1.88. The van der Waals surface area contributed by atoms with E-state index in [4.69, 9.17) is 23.2 Å². The molecule has 2 heterocycles. The molecule has 2 rings (SSSR count). The molecule has 98 valence electrons. The SMILES string of the molecule is CCCn1ccnc1C(NC)c1cc(Cl)sc1Cl. The molecule has 1 N–H and O–H groups in total. The highest BCUT2D eigenvalue weighted by atomic mass is 35.5. The van der Waals surface area contributed by atoms with E-state index in [0.717, 1.165) is 24.4 Å². The van der Waals surface area contributed by atoms with E-state index in [9.17, 15) is 0 Å². The third-order valence-electron chi connectivity index (χ3n) is 2.75. The van der Waals surface area contributed by atoms with Gasteiger partial charge in [-0.15, -0.1) is 11.3 Å². The van der Waals surface area contributed by atoms with E-state index in [1.807, 2.05) is 25.5 Å². The van der Waals surface area contributed by atoms with Crippen LogP contribution in [0.25, 0.3) is 0 Å². The van der Waals surface area contributed by atoms with Crippen molar-refractivity contribution in [2.75, 3.05) is 7.05 Å². The molecule has 2 aromatic heterocycles. The van der Waals surface area contributed by atoms with E-state index in [2.05, 4.69) is 21.8 Å². The highest BCUT2D eigenvalue weighted by molar-refractivity contribution is 7.20. The van der Waals surface area contributed by atoms with E-state index in [1.165, 1.54) is 11.3 Å². The number of aromatic nitrogens is 2. The molecule has 0 radical (unpaired) electrons. The minimum atomic E-state index is -0.0252. The van der Waals surface area contributed by atoms with Gasteiger partial charge in [0.2, 0.25) is 0 Å². The van der Waals surface area contributed by atoms with Gasteiger partial charge in [0.15, 0.2) is 0 Å². The van der Waals surface area contributed by atoms with Crippen LogP contribution in [0.5, 0.6) is 0 Å². The van der Waals surface area contributed by atoms with Crippen molar-refractivity contribution in [3.8, 4) is 0 Å². The Morgan fingerprint density at radius 1 is 1.50 bits per heavy atom. The van der Waals surface area contributed by atoms with Crippen molar-refractivity contribution < 1.29 is 0 Å². The first-order valence-electron chi connectivity index (χ1n) is 5.80. The molecule has 3 nitrogen and oxygen atoms in total. The standard InChI is InChI=1S/C12H15Cl2N3S/c1-3-5-17-6-4-16-12(17)10(15-2)8-7-9(13)18-11(8)14/h4,6-7,10,15H,3,5H2,1-2H3. The molecule has 0 aliphatic carbocycles. The molecule has 0 aliphatic rings. The fourth-order valence-corrected chi connectivity index (χ4v) is 3.52. The van der Waals surface area contributed by atoms with Crippen LogP contribution < -0.4 is 5.32 Å². The van der Waals surface area contributed by atoms with E-state index in [0.29, 0.717) is 8.67 Å². The largest absolute Gasteiger partial charge is 0.333 e. The van der Waals surface area contributed by atoms with Crippen molar-refractivity contribution in [1.82, 2.24) is 14.9 Å².